The number of aliphatic carboxylic acids is 1. The van der Waals surface area contributed by atoms with Gasteiger partial charge in [-0.1, -0.05) is 12.5 Å². The third-order valence-electron chi connectivity index (χ3n) is 4.00. The van der Waals surface area contributed by atoms with Crippen LogP contribution in [0.2, 0.25) is 6.32 Å². The molecule has 6 nitrogen and oxygen atoms in total. The van der Waals surface area contributed by atoms with Crippen molar-refractivity contribution in [3.05, 3.63) is 30.1 Å². The molecule has 2 atom stereocenters. The van der Waals surface area contributed by atoms with Gasteiger partial charge in [0.05, 0.1) is 5.92 Å². The first-order valence-electron chi connectivity index (χ1n) is 7.26. The molecule has 1 aromatic heterocycles. The zero-order valence-electron chi connectivity index (χ0n) is 11.9. The SMILES string of the molecule is O=C(O)[C@@H]1CN(Cc2cccnc2)C[C@@H]1CCCB(O)O. The maximum absolute atomic E-state index is 11.4. The van der Waals surface area contributed by atoms with Gasteiger partial charge in [-0.25, -0.2) is 0 Å². The van der Waals surface area contributed by atoms with Crippen LogP contribution in [0.15, 0.2) is 24.5 Å². The highest BCUT2D eigenvalue weighted by molar-refractivity contribution is 6.40. The molecule has 1 fully saturated rings. The molecule has 1 aliphatic heterocycles. The molecule has 0 aromatic carbocycles. The summed E-state index contributed by atoms with van der Waals surface area (Å²) in [5.41, 5.74) is 1.08. The molecule has 0 aliphatic carbocycles. The van der Waals surface area contributed by atoms with E-state index in [-0.39, 0.29) is 11.8 Å². The van der Waals surface area contributed by atoms with Crippen LogP contribution in [-0.2, 0) is 11.3 Å². The molecule has 21 heavy (non-hydrogen) atoms. The molecule has 1 aromatic rings. The van der Waals surface area contributed by atoms with Crippen molar-refractivity contribution in [2.75, 3.05) is 13.1 Å². The Bertz CT molecular complexity index is 458. The predicted octanol–water partition coefficient (Wildman–Crippen LogP) is 0.467. The number of carboxylic acids is 1. The molecular formula is C14H21BN2O4. The number of aromatic nitrogens is 1. The average molecular weight is 292 g/mol. The Balaban J connectivity index is 1.90. The van der Waals surface area contributed by atoms with Gasteiger partial charge < -0.3 is 15.2 Å². The minimum absolute atomic E-state index is 0.0675. The molecule has 1 aliphatic rings. The maximum Gasteiger partial charge on any atom is 0.451 e. The van der Waals surface area contributed by atoms with Crippen molar-refractivity contribution < 1.29 is 19.9 Å². The lowest BCUT2D eigenvalue weighted by molar-refractivity contribution is -0.142. The fourth-order valence-electron chi connectivity index (χ4n) is 2.97. The number of carboxylic acid groups (broad SMARTS) is 1. The van der Waals surface area contributed by atoms with Crippen molar-refractivity contribution in [1.29, 1.82) is 0 Å². The molecule has 2 rings (SSSR count). The topological polar surface area (TPSA) is 93.9 Å². The Morgan fingerprint density at radius 1 is 1.43 bits per heavy atom. The summed E-state index contributed by atoms with van der Waals surface area (Å²) in [7, 11) is -1.30. The van der Waals surface area contributed by atoms with E-state index in [0.29, 0.717) is 32.3 Å². The summed E-state index contributed by atoms with van der Waals surface area (Å²) in [6.07, 6.45) is 5.15. The highest BCUT2D eigenvalue weighted by Gasteiger charge is 2.37. The van der Waals surface area contributed by atoms with E-state index in [1.54, 1.807) is 12.4 Å². The molecule has 0 amide bonds. The molecule has 0 bridgehead atoms. The first-order valence-corrected chi connectivity index (χ1v) is 7.26. The third-order valence-corrected chi connectivity index (χ3v) is 4.00. The van der Waals surface area contributed by atoms with Gasteiger partial charge in [0.2, 0.25) is 0 Å². The van der Waals surface area contributed by atoms with Gasteiger partial charge in [-0.3, -0.25) is 14.7 Å². The first kappa shape index (κ1) is 15.9. The van der Waals surface area contributed by atoms with Crippen molar-refractivity contribution in [3.8, 4) is 0 Å². The number of rotatable bonds is 7. The smallest absolute Gasteiger partial charge is 0.451 e. The maximum atomic E-state index is 11.4. The number of carbonyl (C=O) groups is 1. The summed E-state index contributed by atoms with van der Waals surface area (Å²) in [4.78, 5) is 17.6. The summed E-state index contributed by atoms with van der Waals surface area (Å²) >= 11 is 0. The van der Waals surface area contributed by atoms with Crippen molar-refractivity contribution in [2.24, 2.45) is 11.8 Å². The Hall–Kier alpha value is -1.44. The van der Waals surface area contributed by atoms with E-state index in [9.17, 15) is 9.90 Å². The molecule has 0 saturated carbocycles. The largest absolute Gasteiger partial charge is 0.481 e. The van der Waals surface area contributed by atoms with Gasteiger partial charge in [-0.15, -0.1) is 0 Å². The highest BCUT2D eigenvalue weighted by Crippen LogP contribution is 2.29. The fourth-order valence-corrected chi connectivity index (χ4v) is 2.97. The minimum Gasteiger partial charge on any atom is -0.481 e. The van der Waals surface area contributed by atoms with E-state index >= 15 is 0 Å². The van der Waals surface area contributed by atoms with Crippen molar-refractivity contribution in [2.45, 2.75) is 25.7 Å². The van der Waals surface area contributed by atoms with Gasteiger partial charge in [-0.2, -0.15) is 0 Å². The quantitative estimate of drug-likeness (QED) is 0.632. The van der Waals surface area contributed by atoms with Gasteiger partial charge in [0, 0.05) is 32.0 Å². The van der Waals surface area contributed by atoms with Crippen molar-refractivity contribution in [1.82, 2.24) is 9.88 Å². The Kier molecular flexibility index (Phi) is 5.72. The standard InChI is InChI=1S/C14H21BN2O4/c18-14(19)13-10-17(8-11-3-2-6-16-7-11)9-12(13)4-1-5-15(20)21/h2-3,6-7,12-13,20-21H,1,4-5,8-10H2,(H,18,19)/t12-,13+/m0/s1. The molecule has 1 saturated heterocycles. The second-order valence-corrected chi connectivity index (χ2v) is 5.67. The molecule has 3 N–H and O–H groups in total. The molecule has 0 radical (unpaired) electrons. The Labute approximate surface area is 124 Å². The molecule has 0 unspecified atom stereocenters. The number of hydrogen-bond donors (Lipinski definition) is 3. The number of nitrogens with zero attached hydrogens (tertiary/aromatic N) is 2. The summed E-state index contributed by atoms with van der Waals surface area (Å²) in [5, 5.41) is 27.1. The monoisotopic (exact) mass is 292 g/mol. The zero-order chi connectivity index (χ0) is 15.2. The zero-order valence-corrected chi connectivity index (χ0v) is 11.9. The van der Waals surface area contributed by atoms with Crippen LogP contribution < -0.4 is 0 Å². The van der Waals surface area contributed by atoms with Gasteiger partial charge in [-0.05, 0) is 30.3 Å². The van der Waals surface area contributed by atoms with E-state index in [1.807, 2.05) is 12.1 Å². The lowest BCUT2D eigenvalue weighted by Gasteiger charge is -2.15. The lowest BCUT2D eigenvalue weighted by atomic mass is 9.80. The van der Waals surface area contributed by atoms with Crippen LogP contribution in [0.1, 0.15) is 18.4 Å². The minimum atomic E-state index is -1.30. The third kappa shape index (κ3) is 4.80. The van der Waals surface area contributed by atoms with Crippen LogP contribution in [0.4, 0.5) is 0 Å². The van der Waals surface area contributed by atoms with Crippen LogP contribution in [0.25, 0.3) is 0 Å². The summed E-state index contributed by atoms with van der Waals surface area (Å²) in [6, 6.07) is 3.86. The molecule has 114 valence electrons. The van der Waals surface area contributed by atoms with Crippen molar-refractivity contribution in [3.63, 3.8) is 0 Å². The van der Waals surface area contributed by atoms with Crippen LogP contribution in [0.5, 0.6) is 0 Å². The van der Waals surface area contributed by atoms with E-state index in [2.05, 4.69) is 9.88 Å². The Morgan fingerprint density at radius 2 is 2.24 bits per heavy atom. The summed E-state index contributed by atoms with van der Waals surface area (Å²) < 4.78 is 0. The normalized spacial score (nSPS) is 22.4. The number of pyridine rings is 1. The lowest BCUT2D eigenvalue weighted by Crippen LogP contribution is -2.23. The summed E-state index contributed by atoms with van der Waals surface area (Å²) in [6.45, 7) is 1.97. The van der Waals surface area contributed by atoms with Gasteiger partial charge >= 0.3 is 13.1 Å². The van der Waals surface area contributed by atoms with Crippen LogP contribution in [-0.4, -0.2) is 51.2 Å². The van der Waals surface area contributed by atoms with E-state index < -0.39 is 13.1 Å². The van der Waals surface area contributed by atoms with Gasteiger partial charge in [0.1, 0.15) is 0 Å². The number of likely N-dealkylation sites (tertiary alicyclic amines) is 1. The van der Waals surface area contributed by atoms with Crippen molar-refractivity contribution >= 4 is 13.1 Å². The molecule has 2 heterocycles. The second kappa shape index (κ2) is 7.54. The molecule has 7 heteroatoms. The molecule has 0 spiro atoms. The van der Waals surface area contributed by atoms with Crippen LogP contribution in [0, 0.1) is 11.8 Å². The predicted molar refractivity (Wildman–Crippen MR) is 78.4 cm³/mol. The first-order chi connectivity index (χ1) is 10.1. The number of hydrogen-bond acceptors (Lipinski definition) is 5. The van der Waals surface area contributed by atoms with E-state index in [1.165, 1.54) is 0 Å². The van der Waals surface area contributed by atoms with Crippen LogP contribution >= 0.6 is 0 Å². The molecular weight excluding hydrogens is 271 g/mol. The van der Waals surface area contributed by atoms with Crippen LogP contribution in [0.3, 0.4) is 0 Å². The average Bonchev–Trinajstić information content (AvgIpc) is 2.82. The van der Waals surface area contributed by atoms with Gasteiger partial charge in [0.25, 0.3) is 0 Å². The van der Waals surface area contributed by atoms with E-state index in [0.717, 1.165) is 12.1 Å². The van der Waals surface area contributed by atoms with E-state index in [4.69, 9.17) is 10.0 Å². The second-order valence-electron chi connectivity index (χ2n) is 5.67. The highest BCUT2D eigenvalue weighted by atomic mass is 16.4. The Morgan fingerprint density at radius 3 is 2.86 bits per heavy atom. The fraction of sp³-hybridized carbons (Fsp3) is 0.571. The summed E-state index contributed by atoms with van der Waals surface area (Å²) in [5.74, 6) is -1.08. The van der Waals surface area contributed by atoms with Gasteiger partial charge in [0.15, 0.2) is 0 Å².